The summed E-state index contributed by atoms with van der Waals surface area (Å²) in [7, 11) is 0. The molecule has 1 saturated carbocycles. The van der Waals surface area contributed by atoms with Crippen molar-refractivity contribution in [2.45, 2.75) is 32.0 Å². The van der Waals surface area contributed by atoms with Gasteiger partial charge in [0.25, 0.3) is 0 Å². The van der Waals surface area contributed by atoms with Crippen molar-refractivity contribution in [2.75, 3.05) is 0 Å². The number of hydrogen-bond donors (Lipinski definition) is 0. The Morgan fingerprint density at radius 2 is 1.89 bits per heavy atom. The van der Waals surface area contributed by atoms with Crippen molar-refractivity contribution in [3.8, 4) is 0 Å². The van der Waals surface area contributed by atoms with Crippen LogP contribution in [0.4, 0.5) is 0 Å². The van der Waals surface area contributed by atoms with Crippen LogP contribution in [0.2, 0.25) is 0 Å². The largest absolute Gasteiger partial charge is 0.228 e. The molecule has 1 aliphatic heterocycles. The van der Waals surface area contributed by atoms with Crippen LogP contribution < -0.4 is 0 Å². The number of rotatable bonds is 0. The Hall–Kier alpha value is -0.340. The molecular weight excluding hydrogens is 116 g/mol. The molecule has 1 aliphatic carbocycles. The van der Waals surface area contributed by atoms with E-state index in [-0.39, 0.29) is 0 Å². The Balaban J connectivity index is 2.26. The summed E-state index contributed by atoms with van der Waals surface area (Å²) in [5.41, 5.74) is 1.34. The smallest absolute Gasteiger partial charge is 0.117 e. The predicted molar refractivity (Wildman–Crippen MR) is 32.7 cm³/mol. The summed E-state index contributed by atoms with van der Waals surface area (Å²) in [6.07, 6.45) is 4.98. The summed E-state index contributed by atoms with van der Waals surface area (Å²) in [4.78, 5) is 9.97. The highest BCUT2D eigenvalue weighted by Gasteiger charge is 2.39. The first kappa shape index (κ1) is 5.45. The Labute approximate surface area is 54.4 Å². The van der Waals surface area contributed by atoms with E-state index in [2.05, 4.69) is 6.08 Å². The van der Waals surface area contributed by atoms with E-state index < -0.39 is 0 Å². The molecule has 2 rings (SSSR count). The molecule has 2 nitrogen and oxygen atoms in total. The minimum absolute atomic E-state index is 0.292. The second kappa shape index (κ2) is 1.82. The lowest BCUT2D eigenvalue weighted by atomic mass is 10.2. The van der Waals surface area contributed by atoms with Crippen LogP contribution >= 0.6 is 0 Å². The quantitative estimate of drug-likeness (QED) is 0.361. The van der Waals surface area contributed by atoms with Crippen molar-refractivity contribution in [2.24, 2.45) is 0 Å². The number of fused-ring (bicyclic) bond motifs is 2. The van der Waals surface area contributed by atoms with Gasteiger partial charge in [-0.15, -0.1) is 0 Å². The van der Waals surface area contributed by atoms with Crippen molar-refractivity contribution in [1.82, 2.24) is 0 Å². The van der Waals surface area contributed by atoms with E-state index in [1.54, 1.807) is 0 Å². The molecule has 0 radical (unpaired) electrons. The van der Waals surface area contributed by atoms with Gasteiger partial charge in [0, 0.05) is 0 Å². The average molecular weight is 126 g/mol. The molecule has 2 aliphatic rings. The molecular formula is C7H10O2. The second-order valence-corrected chi connectivity index (χ2v) is 2.54. The molecule has 2 atom stereocenters. The lowest BCUT2D eigenvalue weighted by molar-refractivity contribution is -0.315. The van der Waals surface area contributed by atoms with Crippen LogP contribution in [0.3, 0.4) is 0 Å². The normalized spacial score (nSPS) is 44.8. The predicted octanol–water partition coefficient (Wildman–Crippen LogP) is 1.43. The molecule has 0 amide bonds. The van der Waals surface area contributed by atoms with Gasteiger partial charge in [0.1, 0.15) is 12.2 Å². The lowest BCUT2D eigenvalue weighted by Gasteiger charge is -2.05. The first-order valence-corrected chi connectivity index (χ1v) is 3.40. The zero-order chi connectivity index (χ0) is 6.27. The maximum atomic E-state index is 4.99. The Bertz CT molecular complexity index is 129. The minimum atomic E-state index is 0.292. The SMILES string of the molecule is CC=C1[C@@H]2CC[C@H]1OO2. The summed E-state index contributed by atoms with van der Waals surface area (Å²) in [5.74, 6) is 0. The van der Waals surface area contributed by atoms with Gasteiger partial charge >= 0.3 is 0 Å². The van der Waals surface area contributed by atoms with Gasteiger partial charge in [-0.05, 0) is 25.3 Å². The van der Waals surface area contributed by atoms with Gasteiger partial charge in [0.05, 0.1) is 0 Å². The average Bonchev–Trinajstić information content (AvgIpc) is 2.44. The molecule has 2 fully saturated rings. The van der Waals surface area contributed by atoms with Gasteiger partial charge in [0.2, 0.25) is 0 Å². The van der Waals surface area contributed by atoms with E-state index in [1.165, 1.54) is 5.57 Å². The first-order valence-electron chi connectivity index (χ1n) is 3.40. The molecule has 1 heterocycles. The van der Waals surface area contributed by atoms with Crippen LogP contribution in [-0.4, -0.2) is 12.2 Å². The summed E-state index contributed by atoms with van der Waals surface area (Å²) in [5, 5.41) is 0. The monoisotopic (exact) mass is 126 g/mol. The van der Waals surface area contributed by atoms with Crippen LogP contribution in [0, 0.1) is 0 Å². The minimum Gasteiger partial charge on any atom is -0.228 e. The van der Waals surface area contributed by atoms with E-state index in [0.717, 1.165) is 12.8 Å². The van der Waals surface area contributed by atoms with Gasteiger partial charge in [0.15, 0.2) is 0 Å². The van der Waals surface area contributed by atoms with Gasteiger partial charge in [-0.1, -0.05) is 6.08 Å². The molecule has 0 aromatic rings. The Morgan fingerprint density at radius 3 is 2.11 bits per heavy atom. The zero-order valence-corrected chi connectivity index (χ0v) is 5.46. The zero-order valence-electron chi connectivity index (χ0n) is 5.46. The maximum absolute atomic E-state index is 4.99. The molecule has 2 heteroatoms. The summed E-state index contributed by atoms with van der Waals surface area (Å²) < 4.78 is 0. The van der Waals surface area contributed by atoms with Gasteiger partial charge in [-0.3, -0.25) is 0 Å². The Kier molecular flexibility index (Phi) is 1.10. The van der Waals surface area contributed by atoms with E-state index in [0.29, 0.717) is 12.2 Å². The van der Waals surface area contributed by atoms with E-state index in [1.807, 2.05) is 6.92 Å². The molecule has 1 saturated heterocycles. The molecule has 50 valence electrons. The van der Waals surface area contributed by atoms with Gasteiger partial charge in [-0.2, -0.15) is 0 Å². The molecule has 0 N–H and O–H groups in total. The van der Waals surface area contributed by atoms with Crippen LogP contribution in [-0.2, 0) is 9.78 Å². The summed E-state index contributed by atoms with van der Waals surface area (Å²) in [6, 6.07) is 0. The summed E-state index contributed by atoms with van der Waals surface area (Å²) >= 11 is 0. The molecule has 0 aromatic carbocycles. The van der Waals surface area contributed by atoms with Crippen LogP contribution in [0.15, 0.2) is 11.6 Å². The first-order chi connectivity index (χ1) is 4.42. The number of hydrogen-bond acceptors (Lipinski definition) is 2. The van der Waals surface area contributed by atoms with E-state index >= 15 is 0 Å². The highest BCUT2D eigenvalue weighted by Crippen LogP contribution is 2.36. The van der Waals surface area contributed by atoms with Crippen LogP contribution in [0.25, 0.3) is 0 Å². The molecule has 0 spiro atoms. The fourth-order valence-corrected chi connectivity index (χ4v) is 1.56. The van der Waals surface area contributed by atoms with Crippen molar-refractivity contribution in [3.63, 3.8) is 0 Å². The lowest BCUT2D eigenvalue weighted by Crippen LogP contribution is -2.05. The Morgan fingerprint density at radius 1 is 1.33 bits per heavy atom. The molecule has 9 heavy (non-hydrogen) atoms. The highest BCUT2D eigenvalue weighted by molar-refractivity contribution is 5.19. The van der Waals surface area contributed by atoms with Crippen molar-refractivity contribution in [1.29, 1.82) is 0 Å². The van der Waals surface area contributed by atoms with Crippen molar-refractivity contribution < 1.29 is 9.78 Å². The number of allylic oxidation sites excluding steroid dienone is 1. The third kappa shape index (κ3) is 0.635. The third-order valence-electron chi connectivity index (χ3n) is 2.06. The van der Waals surface area contributed by atoms with Crippen molar-refractivity contribution >= 4 is 0 Å². The second-order valence-electron chi connectivity index (χ2n) is 2.54. The van der Waals surface area contributed by atoms with Crippen molar-refractivity contribution in [3.05, 3.63) is 11.6 Å². The topological polar surface area (TPSA) is 18.5 Å². The van der Waals surface area contributed by atoms with Gasteiger partial charge < -0.3 is 0 Å². The molecule has 0 unspecified atom stereocenters. The fraction of sp³-hybridized carbons (Fsp3) is 0.714. The fourth-order valence-electron chi connectivity index (χ4n) is 1.56. The van der Waals surface area contributed by atoms with E-state index in [4.69, 9.17) is 9.78 Å². The van der Waals surface area contributed by atoms with Crippen LogP contribution in [0.5, 0.6) is 0 Å². The summed E-state index contributed by atoms with van der Waals surface area (Å²) in [6.45, 7) is 2.04. The standard InChI is InChI=1S/C7H10O2/c1-2-5-6-3-4-7(5)9-8-6/h2,6-7H,3-4H2,1H3/t6-,7+. The third-order valence-corrected chi connectivity index (χ3v) is 2.06. The molecule has 2 bridgehead atoms. The van der Waals surface area contributed by atoms with E-state index in [9.17, 15) is 0 Å². The van der Waals surface area contributed by atoms with Gasteiger partial charge in [-0.25, -0.2) is 9.78 Å². The maximum Gasteiger partial charge on any atom is 0.117 e. The molecule has 0 aromatic heterocycles. The van der Waals surface area contributed by atoms with Crippen LogP contribution in [0.1, 0.15) is 19.8 Å². The highest BCUT2D eigenvalue weighted by atomic mass is 17.2.